The Morgan fingerprint density at radius 2 is 2.14 bits per heavy atom. The number of halogens is 3. The third-order valence-electron chi connectivity index (χ3n) is 5.28. The number of nitrogens with two attached hydrogens (primary N) is 1. The number of nitrogens with zero attached hydrogens (tertiary/aromatic N) is 5. The van der Waals surface area contributed by atoms with Gasteiger partial charge in [0.2, 0.25) is 5.95 Å². The second-order valence-electron chi connectivity index (χ2n) is 7.36. The smallest absolute Gasteiger partial charge is 0.421 e. The minimum atomic E-state index is -4.57. The van der Waals surface area contributed by atoms with Crippen LogP contribution in [-0.2, 0) is 10.9 Å². The Labute approximate surface area is 165 Å². The summed E-state index contributed by atoms with van der Waals surface area (Å²) in [5.74, 6) is 0.235. The van der Waals surface area contributed by atoms with Gasteiger partial charge in [0, 0.05) is 19.3 Å². The van der Waals surface area contributed by atoms with Crippen LogP contribution in [0, 0.1) is 6.92 Å². The second kappa shape index (κ2) is 7.69. The minimum absolute atomic E-state index is 0.202. The van der Waals surface area contributed by atoms with Crippen LogP contribution in [0.3, 0.4) is 0 Å². The maximum Gasteiger partial charge on any atom is 0.421 e. The highest BCUT2D eigenvalue weighted by Gasteiger charge is 2.38. The van der Waals surface area contributed by atoms with Crippen molar-refractivity contribution >= 4 is 11.8 Å². The molecule has 2 fully saturated rings. The predicted octanol–water partition coefficient (Wildman–Crippen LogP) is 2.59. The first kappa shape index (κ1) is 19.7. The molecule has 4 rings (SSSR count). The van der Waals surface area contributed by atoms with Gasteiger partial charge in [-0.05, 0) is 26.2 Å². The topological polar surface area (TPSA) is 91.3 Å². The number of aryl methyl sites for hydroxylation is 1. The molecule has 2 aromatic rings. The molecule has 0 bridgehead atoms. The number of alkyl halides is 3. The Morgan fingerprint density at radius 1 is 1.34 bits per heavy atom. The predicted molar refractivity (Wildman–Crippen MR) is 98.7 cm³/mol. The number of hydrogen-bond donors (Lipinski definition) is 1. The van der Waals surface area contributed by atoms with Crippen molar-refractivity contribution in [3.8, 4) is 5.75 Å². The molecule has 1 saturated heterocycles. The highest BCUT2D eigenvalue weighted by molar-refractivity contribution is 5.50. The van der Waals surface area contributed by atoms with Gasteiger partial charge in [-0.15, -0.1) is 0 Å². The van der Waals surface area contributed by atoms with E-state index in [4.69, 9.17) is 15.2 Å². The second-order valence-corrected chi connectivity index (χ2v) is 7.36. The van der Waals surface area contributed by atoms with E-state index in [2.05, 4.69) is 15.1 Å². The number of nitrogen functional groups attached to an aromatic ring is 1. The zero-order valence-corrected chi connectivity index (χ0v) is 16.0. The van der Waals surface area contributed by atoms with E-state index in [1.54, 1.807) is 0 Å². The van der Waals surface area contributed by atoms with Crippen molar-refractivity contribution in [2.24, 2.45) is 0 Å². The van der Waals surface area contributed by atoms with Gasteiger partial charge in [-0.25, -0.2) is 4.98 Å². The van der Waals surface area contributed by atoms with Crippen molar-refractivity contribution in [2.75, 3.05) is 36.9 Å². The van der Waals surface area contributed by atoms with Crippen molar-refractivity contribution in [1.82, 2.24) is 19.7 Å². The van der Waals surface area contributed by atoms with Crippen LogP contribution in [0.5, 0.6) is 5.75 Å². The van der Waals surface area contributed by atoms with E-state index in [9.17, 15) is 13.2 Å². The Balaban J connectivity index is 1.43. The Kier molecular flexibility index (Phi) is 5.24. The van der Waals surface area contributed by atoms with Gasteiger partial charge < -0.3 is 20.1 Å². The molecule has 158 valence electrons. The summed E-state index contributed by atoms with van der Waals surface area (Å²) < 4.78 is 53.5. The minimum Gasteiger partial charge on any atom is -0.487 e. The van der Waals surface area contributed by atoms with Crippen molar-refractivity contribution in [1.29, 1.82) is 0 Å². The monoisotopic (exact) mass is 412 g/mol. The molecule has 11 heteroatoms. The van der Waals surface area contributed by atoms with E-state index in [1.165, 1.54) is 11.3 Å². The Bertz CT molecular complexity index is 868. The summed E-state index contributed by atoms with van der Waals surface area (Å²) in [5, 5.41) is 4.49. The standard InChI is InChI=1S/C18H23F3N6O2/c1-11-15(9-27(25-11)12-3-2-4-12)29-10-13-8-26(5-6-28-13)16-14(18(19,20)21)7-23-17(22)24-16/h7,9,12-13H,2-6,8,10H2,1H3,(H2,22,23,24)/t13-/m0/s1. The van der Waals surface area contributed by atoms with Gasteiger partial charge in [-0.2, -0.15) is 23.3 Å². The normalized spacial score (nSPS) is 20.6. The molecule has 0 amide bonds. The summed E-state index contributed by atoms with van der Waals surface area (Å²) in [6, 6.07) is 0.427. The summed E-state index contributed by atoms with van der Waals surface area (Å²) in [4.78, 5) is 8.84. The van der Waals surface area contributed by atoms with Crippen LogP contribution in [0.4, 0.5) is 24.9 Å². The SMILES string of the molecule is Cc1nn(C2CCC2)cc1OC[C@@H]1CN(c2nc(N)ncc2C(F)(F)F)CCO1. The van der Waals surface area contributed by atoms with Gasteiger partial charge in [0.15, 0.2) is 5.75 Å². The molecule has 1 aliphatic heterocycles. The molecule has 2 aliphatic rings. The zero-order valence-electron chi connectivity index (χ0n) is 16.0. The molecule has 29 heavy (non-hydrogen) atoms. The lowest BCUT2D eigenvalue weighted by molar-refractivity contribution is -0.137. The van der Waals surface area contributed by atoms with E-state index in [-0.39, 0.29) is 38.1 Å². The molecule has 2 N–H and O–H groups in total. The van der Waals surface area contributed by atoms with Gasteiger partial charge in [0.25, 0.3) is 0 Å². The third kappa shape index (κ3) is 4.24. The van der Waals surface area contributed by atoms with Crippen molar-refractivity contribution in [2.45, 2.75) is 44.5 Å². The van der Waals surface area contributed by atoms with E-state index in [0.29, 0.717) is 11.8 Å². The fourth-order valence-electron chi connectivity index (χ4n) is 3.47. The average Bonchev–Trinajstić information content (AvgIpc) is 2.97. The Morgan fingerprint density at radius 3 is 2.83 bits per heavy atom. The fraction of sp³-hybridized carbons (Fsp3) is 0.611. The van der Waals surface area contributed by atoms with Gasteiger partial charge in [-0.1, -0.05) is 0 Å². The first-order valence-electron chi connectivity index (χ1n) is 9.56. The molecule has 1 aliphatic carbocycles. The summed E-state index contributed by atoms with van der Waals surface area (Å²) in [6.07, 6.45) is 1.06. The number of hydrogen-bond acceptors (Lipinski definition) is 7. The molecular formula is C18H23F3N6O2. The van der Waals surface area contributed by atoms with E-state index in [0.717, 1.165) is 24.7 Å². The third-order valence-corrected chi connectivity index (χ3v) is 5.28. The molecular weight excluding hydrogens is 389 g/mol. The number of ether oxygens (including phenoxy) is 2. The quantitative estimate of drug-likeness (QED) is 0.807. The van der Waals surface area contributed by atoms with Gasteiger partial charge in [0.1, 0.15) is 29.8 Å². The van der Waals surface area contributed by atoms with Crippen LogP contribution in [0.2, 0.25) is 0 Å². The van der Waals surface area contributed by atoms with Crippen LogP contribution in [0.15, 0.2) is 12.4 Å². The number of rotatable bonds is 5. The van der Waals surface area contributed by atoms with Gasteiger partial charge in [-0.3, -0.25) is 4.68 Å². The van der Waals surface area contributed by atoms with Crippen molar-refractivity contribution in [3.63, 3.8) is 0 Å². The molecule has 0 aromatic carbocycles. The highest BCUT2D eigenvalue weighted by Crippen LogP contribution is 2.36. The zero-order chi connectivity index (χ0) is 20.6. The summed E-state index contributed by atoms with van der Waals surface area (Å²) in [6.45, 7) is 2.81. The van der Waals surface area contributed by atoms with Crippen molar-refractivity contribution in [3.05, 3.63) is 23.7 Å². The average molecular weight is 412 g/mol. The highest BCUT2D eigenvalue weighted by atomic mass is 19.4. The molecule has 0 spiro atoms. The van der Waals surface area contributed by atoms with Crippen LogP contribution in [-0.4, -0.2) is 52.2 Å². The number of aromatic nitrogens is 4. The number of anilines is 2. The Hall–Kier alpha value is -2.56. The lowest BCUT2D eigenvalue weighted by Gasteiger charge is -2.34. The maximum atomic E-state index is 13.3. The first-order valence-corrected chi connectivity index (χ1v) is 9.56. The first-order chi connectivity index (χ1) is 13.8. The lowest BCUT2D eigenvalue weighted by atomic mass is 9.93. The largest absolute Gasteiger partial charge is 0.487 e. The van der Waals surface area contributed by atoms with E-state index < -0.39 is 17.8 Å². The molecule has 8 nitrogen and oxygen atoms in total. The van der Waals surface area contributed by atoms with Gasteiger partial charge in [0.05, 0.1) is 18.8 Å². The molecule has 0 unspecified atom stereocenters. The molecule has 0 radical (unpaired) electrons. The van der Waals surface area contributed by atoms with Crippen LogP contribution in [0.25, 0.3) is 0 Å². The summed E-state index contributed by atoms with van der Waals surface area (Å²) in [7, 11) is 0. The van der Waals surface area contributed by atoms with Crippen LogP contribution in [0.1, 0.15) is 36.6 Å². The van der Waals surface area contributed by atoms with E-state index in [1.807, 2.05) is 17.8 Å². The lowest BCUT2D eigenvalue weighted by Crippen LogP contribution is -2.46. The van der Waals surface area contributed by atoms with Crippen LogP contribution < -0.4 is 15.4 Å². The number of morpholine rings is 1. The van der Waals surface area contributed by atoms with Crippen LogP contribution >= 0.6 is 0 Å². The van der Waals surface area contributed by atoms with E-state index >= 15 is 0 Å². The molecule has 1 atom stereocenters. The molecule has 3 heterocycles. The van der Waals surface area contributed by atoms with Gasteiger partial charge >= 0.3 is 6.18 Å². The maximum absolute atomic E-state index is 13.3. The van der Waals surface area contributed by atoms with Crippen molar-refractivity contribution < 1.29 is 22.6 Å². The molecule has 1 saturated carbocycles. The summed E-state index contributed by atoms with van der Waals surface area (Å²) in [5.41, 5.74) is 5.40. The summed E-state index contributed by atoms with van der Waals surface area (Å²) >= 11 is 0. The fourth-order valence-corrected chi connectivity index (χ4v) is 3.47. The molecule has 2 aromatic heterocycles.